The maximum absolute atomic E-state index is 13.4. The van der Waals surface area contributed by atoms with Crippen molar-refractivity contribution >= 4 is 40.6 Å². The van der Waals surface area contributed by atoms with Gasteiger partial charge in [0.1, 0.15) is 0 Å². The zero-order valence-corrected chi connectivity index (χ0v) is 19.2. The van der Waals surface area contributed by atoms with Gasteiger partial charge in [-0.1, -0.05) is 43.5 Å². The minimum Gasteiger partial charge on any atom is -0.493 e. The van der Waals surface area contributed by atoms with Crippen molar-refractivity contribution in [3.63, 3.8) is 0 Å². The summed E-state index contributed by atoms with van der Waals surface area (Å²) in [5.41, 5.74) is 1.58. The Morgan fingerprint density at radius 2 is 1.91 bits per heavy atom. The fraction of sp³-hybridized carbons (Fsp3) is 0.320. The average molecular weight is 467 g/mol. The zero-order valence-electron chi connectivity index (χ0n) is 18.4. The monoisotopic (exact) mass is 466 g/mol. The predicted octanol–water partition coefficient (Wildman–Crippen LogP) is 5.10. The summed E-state index contributed by atoms with van der Waals surface area (Å²) < 4.78 is 10.6. The molecule has 2 aromatic carbocycles. The highest BCUT2D eigenvalue weighted by Gasteiger charge is 2.38. The smallest absolute Gasteiger partial charge is 0.341 e. The highest BCUT2D eigenvalue weighted by atomic mass is 32.2. The highest BCUT2D eigenvalue weighted by molar-refractivity contribution is 8.18. The van der Waals surface area contributed by atoms with Crippen molar-refractivity contribution in [2.75, 3.05) is 13.7 Å². The number of amidine groups is 1. The number of amides is 1. The summed E-state index contributed by atoms with van der Waals surface area (Å²) in [6.45, 7) is -0.458. The molecular formula is C25H26N2O5S. The van der Waals surface area contributed by atoms with Gasteiger partial charge in [-0.05, 0) is 60.5 Å². The zero-order chi connectivity index (χ0) is 23.2. The summed E-state index contributed by atoms with van der Waals surface area (Å²) in [5, 5.41) is 9.55. The van der Waals surface area contributed by atoms with Crippen LogP contribution in [0.5, 0.6) is 11.5 Å². The first-order chi connectivity index (χ1) is 16.0. The van der Waals surface area contributed by atoms with Crippen molar-refractivity contribution in [2.24, 2.45) is 4.99 Å². The van der Waals surface area contributed by atoms with Crippen molar-refractivity contribution in [3.8, 4) is 11.5 Å². The molecule has 1 N–H and O–H groups in total. The minimum absolute atomic E-state index is 0.0354. The lowest BCUT2D eigenvalue weighted by molar-refractivity contribution is -0.139. The van der Waals surface area contributed by atoms with Gasteiger partial charge in [0.15, 0.2) is 23.3 Å². The van der Waals surface area contributed by atoms with Crippen LogP contribution in [0.1, 0.15) is 37.7 Å². The van der Waals surface area contributed by atoms with E-state index in [-0.39, 0.29) is 11.9 Å². The molecule has 1 saturated heterocycles. The lowest BCUT2D eigenvalue weighted by Gasteiger charge is -2.30. The maximum atomic E-state index is 13.4. The standard InChI is InChI=1S/C25H26N2O5S/c1-31-21-14-17(12-13-20(21)32-16-23(28)29)15-22-24(30)27(19-10-6-3-7-11-19)25(33-22)26-18-8-4-2-5-9-18/h2,4-5,8-9,12-15,19H,3,6-7,10-11,16H2,1H3,(H,28,29). The van der Waals surface area contributed by atoms with E-state index in [0.29, 0.717) is 21.6 Å². The van der Waals surface area contributed by atoms with Crippen molar-refractivity contribution < 1.29 is 24.2 Å². The number of hydrogen-bond acceptors (Lipinski definition) is 6. The van der Waals surface area contributed by atoms with E-state index < -0.39 is 12.6 Å². The normalized spacial score (nSPS) is 19.3. The molecule has 0 bridgehead atoms. The molecule has 2 fully saturated rings. The molecule has 0 aromatic heterocycles. The third-order valence-electron chi connectivity index (χ3n) is 5.59. The second-order valence-electron chi connectivity index (χ2n) is 7.90. The largest absolute Gasteiger partial charge is 0.493 e. The number of para-hydroxylation sites is 1. The molecule has 2 aromatic rings. The van der Waals surface area contributed by atoms with E-state index in [0.717, 1.165) is 36.9 Å². The number of carboxylic acid groups (broad SMARTS) is 1. The van der Waals surface area contributed by atoms with E-state index in [1.807, 2.05) is 41.3 Å². The number of carboxylic acids is 1. The summed E-state index contributed by atoms with van der Waals surface area (Å²) in [5.74, 6) is -0.359. The number of nitrogens with zero attached hydrogens (tertiary/aromatic N) is 2. The van der Waals surface area contributed by atoms with Gasteiger partial charge < -0.3 is 14.6 Å². The van der Waals surface area contributed by atoms with Gasteiger partial charge in [-0.3, -0.25) is 9.69 Å². The quantitative estimate of drug-likeness (QED) is 0.572. The van der Waals surface area contributed by atoms with Crippen LogP contribution in [0, 0.1) is 0 Å². The number of carbonyl (C=O) groups excluding carboxylic acids is 1. The number of methoxy groups -OCH3 is 1. The van der Waals surface area contributed by atoms with Gasteiger partial charge >= 0.3 is 5.97 Å². The number of benzene rings is 2. The number of aliphatic imine (C=N–C) groups is 1. The molecule has 1 aliphatic carbocycles. The SMILES string of the molecule is COc1cc(C=C2SC(=Nc3ccccc3)N(C3CCCCC3)C2=O)ccc1OCC(=O)O. The molecular weight excluding hydrogens is 440 g/mol. The van der Waals surface area contributed by atoms with Gasteiger partial charge in [0.05, 0.1) is 17.7 Å². The number of carbonyl (C=O) groups is 2. The Kier molecular flexibility index (Phi) is 7.34. The van der Waals surface area contributed by atoms with Crippen LogP contribution in [0.15, 0.2) is 58.4 Å². The number of rotatable bonds is 7. The molecule has 7 nitrogen and oxygen atoms in total. The molecule has 0 atom stereocenters. The second-order valence-corrected chi connectivity index (χ2v) is 8.91. The van der Waals surface area contributed by atoms with Gasteiger partial charge in [0.25, 0.3) is 5.91 Å². The van der Waals surface area contributed by atoms with E-state index in [1.165, 1.54) is 25.3 Å². The van der Waals surface area contributed by atoms with Crippen molar-refractivity contribution in [1.29, 1.82) is 0 Å². The van der Waals surface area contributed by atoms with Crippen LogP contribution < -0.4 is 9.47 Å². The first-order valence-electron chi connectivity index (χ1n) is 10.9. The van der Waals surface area contributed by atoms with Crippen molar-refractivity contribution in [2.45, 2.75) is 38.1 Å². The molecule has 1 saturated carbocycles. The average Bonchev–Trinajstić information content (AvgIpc) is 3.13. The first-order valence-corrected chi connectivity index (χ1v) is 11.8. The summed E-state index contributed by atoms with van der Waals surface area (Å²) in [7, 11) is 1.49. The topological polar surface area (TPSA) is 88.4 Å². The maximum Gasteiger partial charge on any atom is 0.341 e. The fourth-order valence-corrected chi connectivity index (χ4v) is 5.08. The van der Waals surface area contributed by atoms with Crippen LogP contribution in [0.2, 0.25) is 0 Å². The van der Waals surface area contributed by atoms with E-state index in [1.54, 1.807) is 18.2 Å². The third-order valence-corrected chi connectivity index (χ3v) is 6.58. The summed E-state index contributed by atoms with van der Waals surface area (Å²) in [4.78, 5) is 31.5. The molecule has 1 heterocycles. The number of thioether (sulfide) groups is 1. The van der Waals surface area contributed by atoms with Crippen LogP contribution in [0.3, 0.4) is 0 Å². The van der Waals surface area contributed by atoms with Gasteiger partial charge in [-0.2, -0.15) is 0 Å². The summed E-state index contributed by atoms with van der Waals surface area (Å²) in [6.07, 6.45) is 7.22. The van der Waals surface area contributed by atoms with Gasteiger partial charge in [0.2, 0.25) is 0 Å². The molecule has 172 valence electrons. The molecule has 4 rings (SSSR count). The Morgan fingerprint density at radius 1 is 1.15 bits per heavy atom. The van der Waals surface area contributed by atoms with E-state index in [9.17, 15) is 9.59 Å². The van der Waals surface area contributed by atoms with E-state index >= 15 is 0 Å². The van der Waals surface area contributed by atoms with Gasteiger partial charge in [0, 0.05) is 6.04 Å². The van der Waals surface area contributed by atoms with Crippen molar-refractivity contribution in [3.05, 3.63) is 59.0 Å². The van der Waals surface area contributed by atoms with Gasteiger partial charge in [-0.15, -0.1) is 0 Å². The van der Waals surface area contributed by atoms with Crippen LogP contribution in [-0.2, 0) is 9.59 Å². The number of hydrogen-bond donors (Lipinski definition) is 1. The Hall–Kier alpha value is -3.26. The molecule has 0 radical (unpaired) electrons. The highest BCUT2D eigenvalue weighted by Crippen LogP contribution is 2.39. The molecule has 8 heteroatoms. The Balaban J connectivity index is 1.64. The molecule has 0 spiro atoms. The molecule has 1 aliphatic heterocycles. The molecule has 33 heavy (non-hydrogen) atoms. The van der Waals surface area contributed by atoms with E-state index in [4.69, 9.17) is 19.6 Å². The molecule has 2 aliphatic rings. The lowest BCUT2D eigenvalue weighted by Crippen LogP contribution is -2.40. The Bertz CT molecular complexity index is 1080. The lowest BCUT2D eigenvalue weighted by atomic mass is 9.94. The van der Waals surface area contributed by atoms with Crippen molar-refractivity contribution in [1.82, 2.24) is 4.90 Å². The van der Waals surface area contributed by atoms with Crippen LogP contribution in [0.4, 0.5) is 5.69 Å². The number of aliphatic carboxylic acids is 1. The fourth-order valence-electron chi connectivity index (χ4n) is 4.02. The minimum atomic E-state index is -1.07. The predicted molar refractivity (Wildman–Crippen MR) is 129 cm³/mol. The second kappa shape index (κ2) is 10.6. The van der Waals surface area contributed by atoms with Crippen LogP contribution >= 0.6 is 11.8 Å². The third kappa shape index (κ3) is 5.57. The number of ether oxygens (including phenoxy) is 2. The molecule has 1 amide bonds. The van der Waals surface area contributed by atoms with E-state index in [2.05, 4.69) is 0 Å². The van der Waals surface area contributed by atoms with Crippen LogP contribution in [-0.4, -0.2) is 46.8 Å². The van der Waals surface area contributed by atoms with Crippen LogP contribution in [0.25, 0.3) is 6.08 Å². The molecule has 0 unspecified atom stereocenters. The first kappa shape index (κ1) is 22.9. The summed E-state index contributed by atoms with van der Waals surface area (Å²) >= 11 is 1.38. The summed E-state index contributed by atoms with van der Waals surface area (Å²) in [6, 6.07) is 15.0. The van der Waals surface area contributed by atoms with Gasteiger partial charge in [-0.25, -0.2) is 9.79 Å². The Labute approximate surface area is 197 Å². The Morgan fingerprint density at radius 3 is 2.61 bits per heavy atom.